The summed E-state index contributed by atoms with van der Waals surface area (Å²) in [7, 11) is 0. The minimum absolute atomic E-state index is 0.233. The predicted octanol–water partition coefficient (Wildman–Crippen LogP) is 15.5. The fourth-order valence-electron chi connectivity index (χ4n) is 13.7. The normalized spacial score (nSPS) is 26.0. The van der Waals surface area contributed by atoms with Crippen molar-refractivity contribution in [3.63, 3.8) is 0 Å². The lowest BCUT2D eigenvalue weighted by Gasteiger charge is -2.48. The molecule has 0 radical (unpaired) electrons. The quantitative estimate of drug-likeness (QED) is 0.0199. The van der Waals surface area contributed by atoms with Crippen molar-refractivity contribution in [2.45, 2.75) is 407 Å². The van der Waals surface area contributed by atoms with Crippen LogP contribution in [-0.4, -0.2) is 193 Å². The Morgan fingerprint density at radius 1 is 0.343 bits per heavy atom. The Morgan fingerprint density at radius 3 is 1.00 bits per heavy atom. The predicted molar refractivity (Wildman–Crippen MR) is 433 cm³/mol. The first kappa shape index (κ1) is 98.4. The zero-order valence-electron chi connectivity index (χ0n) is 66.8. The molecule has 3 fully saturated rings. The smallest absolute Gasteiger partial charge is 0.220 e. The molecule has 0 aliphatic carbocycles. The maximum atomic E-state index is 13.5. The lowest BCUT2D eigenvalue weighted by Crippen LogP contribution is -2.66. The summed E-state index contributed by atoms with van der Waals surface area (Å²) in [4.78, 5) is 13.5. The van der Waals surface area contributed by atoms with Crippen LogP contribution < -0.4 is 5.32 Å². The third kappa shape index (κ3) is 46.4. The van der Waals surface area contributed by atoms with Crippen LogP contribution in [0.15, 0.2) is 122 Å². The second-order valence-electron chi connectivity index (χ2n) is 29.9. The number of hydrogen-bond acceptors (Lipinski definition) is 18. The van der Waals surface area contributed by atoms with E-state index in [0.29, 0.717) is 6.42 Å². The van der Waals surface area contributed by atoms with Gasteiger partial charge in [0.1, 0.15) is 73.2 Å². The van der Waals surface area contributed by atoms with Crippen LogP contribution in [0.5, 0.6) is 0 Å². The van der Waals surface area contributed by atoms with E-state index in [9.17, 15) is 61.0 Å². The third-order valence-electron chi connectivity index (χ3n) is 20.5. The number of carbonyl (C=O) groups is 1. The summed E-state index contributed by atoms with van der Waals surface area (Å²) in [6.07, 6.45) is 68.9. The molecule has 0 saturated carbocycles. The van der Waals surface area contributed by atoms with Gasteiger partial charge in [0.2, 0.25) is 5.91 Å². The molecule has 3 aliphatic rings. The Balaban J connectivity index is 1.35. The lowest BCUT2D eigenvalue weighted by molar-refractivity contribution is -0.379. The first-order valence-corrected chi connectivity index (χ1v) is 42.8. The van der Waals surface area contributed by atoms with E-state index in [1.54, 1.807) is 6.08 Å². The minimum atomic E-state index is -1.98. The largest absolute Gasteiger partial charge is 0.394 e. The topological polar surface area (TPSA) is 307 Å². The van der Waals surface area contributed by atoms with Crippen LogP contribution in [0.3, 0.4) is 0 Å². The first-order valence-electron chi connectivity index (χ1n) is 42.8. The van der Waals surface area contributed by atoms with Gasteiger partial charge in [-0.2, -0.15) is 0 Å². The van der Waals surface area contributed by atoms with Crippen molar-refractivity contribution in [3.05, 3.63) is 122 Å². The SMILES string of the molecule is CC/C=C\C/C=C\C/C=C\C/C=C\C/C=C\C/C=C\C/C=C\C/C=C\C/C=C\CCCCCCCCCCCCCC(=O)NC(COC1OC(CO)C(OC2OC(CO)C(OC3OC(CO)C(O)C(O)C3O)C(O)C2O)C(O)C1O)C(O)/C=C/CCCCCCCCCCCCCCCCCCCCCCCC. The first-order chi connectivity index (χ1) is 52.8. The Bertz CT molecular complexity index is 2420. The molecule has 17 unspecified atom stereocenters. The number of aliphatic hydroxyl groups is 11. The number of unbranched alkanes of at least 4 members (excludes halogenated alkanes) is 33. The van der Waals surface area contributed by atoms with E-state index >= 15 is 0 Å². The molecule has 3 rings (SSSR count). The molecular formula is C89H153NO18. The summed E-state index contributed by atoms with van der Waals surface area (Å²) < 4.78 is 34.5. The molecule has 12 N–H and O–H groups in total. The van der Waals surface area contributed by atoms with E-state index in [1.165, 1.54) is 161 Å². The summed E-state index contributed by atoms with van der Waals surface area (Å²) in [5.74, 6) is -0.280. The molecule has 3 heterocycles. The van der Waals surface area contributed by atoms with E-state index in [2.05, 4.69) is 129 Å². The average Bonchev–Trinajstić information content (AvgIpc) is 0.775. The van der Waals surface area contributed by atoms with Crippen molar-refractivity contribution < 1.29 is 89.4 Å². The summed E-state index contributed by atoms with van der Waals surface area (Å²) in [6.45, 7) is 1.64. The molecule has 17 atom stereocenters. The molecular weight excluding hydrogens is 1370 g/mol. The molecule has 0 spiro atoms. The molecule has 622 valence electrons. The van der Waals surface area contributed by atoms with Gasteiger partial charge < -0.3 is 89.9 Å². The van der Waals surface area contributed by atoms with Gasteiger partial charge in [0, 0.05) is 6.42 Å². The third-order valence-corrected chi connectivity index (χ3v) is 20.5. The molecule has 0 aromatic heterocycles. The van der Waals surface area contributed by atoms with Crippen LogP contribution in [0, 0.1) is 0 Å². The van der Waals surface area contributed by atoms with Crippen LogP contribution in [0.25, 0.3) is 0 Å². The van der Waals surface area contributed by atoms with Gasteiger partial charge in [-0.15, -0.1) is 0 Å². The van der Waals surface area contributed by atoms with Gasteiger partial charge in [0.05, 0.1) is 38.6 Å². The number of nitrogens with one attached hydrogen (secondary N) is 1. The molecule has 3 saturated heterocycles. The number of hydrogen-bond donors (Lipinski definition) is 12. The maximum Gasteiger partial charge on any atom is 0.220 e. The van der Waals surface area contributed by atoms with Crippen molar-refractivity contribution in [2.75, 3.05) is 26.4 Å². The van der Waals surface area contributed by atoms with Crippen molar-refractivity contribution in [3.8, 4) is 0 Å². The van der Waals surface area contributed by atoms with Gasteiger partial charge >= 0.3 is 0 Å². The van der Waals surface area contributed by atoms with Crippen molar-refractivity contribution in [1.29, 1.82) is 0 Å². The fraction of sp³-hybridized carbons (Fsp3) is 0.764. The summed E-state index contributed by atoms with van der Waals surface area (Å²) in [6, 6.07) is -0.984. The Hall–Kier alpha value is -3.81. The number of carbonyl (C=O) groups excluding carboxylic acids is 1. The van der Waals surface area contributed by atoms with Crippen LogP contribution >= 0.6 is 0 Å². The number of amides is 1. The van der Waals surface area contributed by atoms with Crippen LogP contribution in [0.4, 0.5) is 0 Å². The highest BCUT2D eigenvalue weighted by molar-refractivity contribution is 5.76. The summed E-state index contributed by atoms with van der Waals surface area (Å²) in [5, 5.41) is 121. The highest BCUT2D eigenvalue weighted by Gasteiger charge is 2.54. The highest BCUT2D eigenvalue weighted by atomic mass is 16.8. The number of allylic oxidation sites excluding steroid dienone is 19. The molecule has 0 aromatic carbocycles. The Labute approximate surface area is 652 Å². The molecule has 0 aromatic rings. The second kappa shape index (κ2) is 67.7. The van der Waals surface area contributed by atoms with Gasteiger partial charge in [-0.25, -0.2) is 0 Å². The van der Waals surface area contributed by atoms with Gasteiger partial charge in [-0.05, 0) is 89.9 Å². The lowest BCUT2D eigenvalue weighted by atomic mass is 9.96. The molecule has 108 heavy (non-hydrogen) atoms. The minimum Gasteiger partial charge on any atom is -0.394 e. The van der Waals surface area contributed by atoms with Crippen LogP contribution in [0.1, 0.15) is 303 Å². The van der Waals surface area contributed by atoms with Gasteiger partial charge in [-0.1, -0.05) is 328 Å². The van der Waals surface area contributed by atoms with Crippen LogP contribution in [-0.2, 0) is 33.2 Å². The summed E-state index contributed by atoms with van der Waals surface area (Å²) >= 11 is 0. The van der Waals surface area contributed by atoms with Gasteiger partial charge in [-0.3, -0.25) is 4.79 Å². The summed E-state index contributed by atoms with van der Waals surface area (Å²) in [5.41, 5.74) is 0. The van der Waals surface area contributed by atoms with E-state index in [0.717, 1.165) is 116 Å². The fourth-order valence-corrected chi connectivity index (χ4v) is 13.7. The Morgan fingerprint density at radius 2 is 0.639 bits per heavy atom. The van der Waals surface area contributed by atoms with Gasteiger partial charge in [0.25, 0.3) is 0 Å². The zero-order valence-corrected chi connectivity index (χ0v) is 66.8. The van der Waals surface area contributed by atoms with E-state index in [-0.39, 0.29) is 18.9 Å². The zero-order chi connectivity index (χ0) is 78.1. The average molecular weight is 1530 g/mol. The van der Waals surface area contributed by atoms with E-state index < -0.39 is 124 Å². The van der Waals surface area contributed by atoms with E-state index in [4.69, 9.17) is 28.4 Å². The monoisotopic (exact) mass is 1520 g/mol. The molecule has 1 amide bonds. The molecule has 19 nitrogen and oxygen atoms in total. The highest BCUT2D eigenvalue weighted by Crippen LogP contribution is 2.33. The number of rotatable bonds is 67. The second-order valence-corrected chi connectivity index (χ2v) is 29.9. The Kier molecular flexibility index (Phi) is 61.6. The van der Waals surface area contributed by atoms with Crippen molar-refractivity contribution in [1.82, 2.24) is 5.32 Å². The van der Waals surface area contributed by atoms with Crippen LogP contribution in [0.2, 0.25) is 0 Å². The molecule has 3 aliphatic heterocycles. The molecule has 0 bridgehead atoms. The molecule has 19 heteroatoms. The number of ether oxygens (including phenoxy) is 6. The van der Waals surface area contributed by atoms with E-state index in [1.807, 2.05) is 6.08 Å². The van der Waals surface area contributed by atoms with Crippen molar-refractivity contribution in [2.24, 2.45) is 0 Å². The maximum absolute atomic E-state index is 13.5. The number of aliphatic hydroxyl groups excluding tert-OH is 11. The van der Waals surface area contributed by atoms with Crippen molar-refractivity contribution >= 4 is 5.91 Å². The van der Waals surface area contributed by atoms with Gasteiger partial charge in [0.15, 0.2) is 18.9 Å². The standard InChI is InChI=1S/C89H153NO18/c1-3-5-7-9-11-13-15-17-19-21-23-25-27-29-30-31-32-33-34-35-36-37-38-39-40-41-42-43-45-47-49-51-53-55-57-59-61-63-65-67-77(95)90-72(73(94)66-64-62-60-58-56-54-52-50-48-46-44-28-26-24-22-20-18-16-14-12-10-8-6-4-2)71-103-87-83(101)80(98)85(75(69-92)105-87)108-89-84(102)81(99)86(76(70-93)106-89)107-88-82(100)79(97)78(96)74(68-91)104-88/h5,7,11,13,17,19,23,25,29-30,32-33,35-36,38-39,41-42,64,66,72-76,78-89,91-94,96-102H,3-4,6,8-10,12,14-16,18,20-22,24,26-28,31,34,37,40,43-63,65,67-71H2,1-2H3,(H,90,95)/b7-5-,13-11-,19-17-,25-23-,30-29-,33-32-,36-35-,39-38-,42-41-,66-64+.